The first-order chi connectivity index (χ1) is 8.63. The van der Waals surface area contributed by atoms with Gasteiger partial charge in [-0.3, -0.25) is 0 Å². The first kappa shape index (κ1) is 12.9. The number of nitrogens with one attached hydrogen (secondary N) is 1. The van der Waals surface area contributed by atoms with Crippen molar-refractivity contribution >= 4 is 40.4 Å². The molecule has 18 heavy (non-hydrogen) atoms. The molecular formula is C14H12Cl2N2. The molecule has 0 amide bonds. The normalized spacial score (nSPS) is 11.4. The van der Waals surface area contributed by atoms with E-state index in [1.807, 2.05) is 55.5 Å². The quantitative estimate of drug-likeness (QED) is 0.596. The van der Waals surface area contributed by atoms with Crippen molar-refractivity contribution in [2.45, 2.75) is 6.92 Å². The van der Waals surface area contributed by atoms with Gasteiger partial charge in [-0.15, -0.1) is 0 Å². The van der Waals surface area contributed by atoms with Crippen LogP contribution in [0.25, 0.3) is 0 Å². The largest absolute Gasteiger partial charge is 0.344 e. The van der Waals surface area contributed by atoms with Crippen LogP contribution in [0.5, 0.6) is 0 Å². The second-order valence-corrected chi connectivity index (χ2v) is 4.69. The van der Waals surface area contributed by atoms with Crippen molar-refractivity contribution in [1.82, 2.24) is 0 Å². The second kappa shape index (κ2) is 5.89. The molecule has 0 aromatic heterocycles. The molecule has 4 heteroatoms. The molecular weight excluding hydrogens is 267 g/mol. The highest BCUT2D eigenvalue weighted by Crippen LogP contribution is 2.19. The molecule has 0 radical (unpaired) electrons. The maximum atomic E-state index is 5.91. The topological polar surface area (TPSA) is 24.4 Å². The summed E-state index contributed by atoms with van der Waals surface area (Å²) in [4.78, 5) is 4.42. The molecule has 0 aliphatic carbocycles. The van der Waals surface area contributed by atoms with E-state index in [0.29, 0.717) is 10.0 Å². The minimum absolute atomic E-state index is 0.673. The first-order valence-corrected chi connectivity index (χ1v) is 6.22. The Balaban J connectivity index is 2.14. The van der Waals surface area contributed by atoms with Crippen LogP contribution in [0.4, 0.5) is 11.4 Å². The molecule has 2 aromatic rings. The third-order valence-corrected chi connectivity index (χ3v) is 2.73. The zero-order chi connectivity index (χ0) is 13.0. The Morgan fingerprint density at radius 2 is 1.67 bits per heavy atom. The third kappa shape index (κ3) is 3.76. The maximum Gasteiger partial charge on any atom is 0.103 e. The van der Waals surface area contributed by atoms with Gasteiger partial charge in [0, 0.05) is 15.7 Å². The Bertz CT molecular complexity index is 580. The molecule has 0 bridgehead atoms. The maximum absolute atomic E-state index is 5.91. The summed E-state index contributed by atoms with van der Waals surface area (Å²) in [5.41, 5.74) is 1.72. The number of hydrogen-bond donors (Lipinski definition) is 1. The molecule has 0 fully saturated rings. The Hall–Kier alpha value is -1.51. The molecule has 0 atom stereocenters. The van der Waals surface area contributed by atoms with Gasteiger partial charge in [0.05, 0.1) is 5.69 Å². The van der Waals surface area contributed by atoms with E-state index in [9.17, 15) is 0 Å². The van der Waals surface area contributed by atoms with Crippen LogP contribution in [0.3, 0.4) is 0 Å². The number of rotatable bonds is 2. The molecule has 0 spiro atoms. The third-order valence-electron chi connectivity index (χ3n) is 2.25. The zero-order valence-corrected chi connectivity index (χ0v) is 11.3. The molecule has 0 saturated carbocycles. The van der Waals surface area contributed by atoms with Gasteiger partial charge in [0.15, 0.2) is 0 Å². The fourth-order valence-electron chi connectivity index (χ4n) is 1.54. The molecule has 2 nitrogen and oxygen atoms in total. The van der Waals surface area contributed by atoms with Gasteiger partial charge in [-0.05, 0) is 43.3 Å². The van der Waals surface area contributed by atoms with Crippen LogP contribution in [0, 0.1) is 0 Å². The van der Waals surface area contributed by atoms with E-state index in [-0.39, 0.29) is 0 Å². The van der Waals surface area contributed by atoms with Crippen LogP contribution in [-0.4, -0.2) is 5.84 Å². The molecule has 2 aromatic carbocycles. The first-order valence-electron chi connectivity index (χ1n) is 5.47. The lowest BCUT2D eigenvalue weighted by Gasteiger charge is -2.06. The van der Waals surface area contributed by atoms with Crippen molar-refractivity contribution < 1.29 is 0 Å². The predicted octanol–water partition coefficient (Wildman–Crippen LogP) is 5.16. The number of anilines is 1. The van der Waals surface area contributed by atoms with Gasteiger partial charge in [-0.2, -0.15) is 0 Å². The van der Waals surface area contributed by atoms with Crippen molar-refractivity contribution in [3.8, 4) is 0 Å². The van der Waals surface area contributed by atoms with Gasteiger partial charge in [0.2, 0.25) is 0 Å². The van der Waals surface area contributed by atoms with Crippen molar-refractivity contribution in [3.05, 3.63) is 58.6 Å². The average Bonchev–Trinajstić information content (AvgIpc) is 2.28. The van der Waals surface area contributed by atoms with Gasteiger partial charge in [-0.25, -0.2) is 4.99 Å². The number of aliphatic imine (C=N–C) groups is 1. The summed E-state index contributed by atoms with van der Waals surface area (Å²) in [7, 11) is 0. The smallest absolute Gasteiger partial charge is 0.103 e. The Kier molecular flexibility index (Phi) is 4.24. The second-order valence-electron chi connectivity index (χ2n) is 3.81. The van der Waals surface area contributed by atoms with E-state index in [2.05, 4.69) is 10.3 Å². The predicted molar refractivity (Wildman–Crippen MR) is 79.3 cm³/mol. The number of hydrogen-bond acceptors (Lipinski definition) is 1. The Morgan fingerprint density at radius 3 is 2.33 bits per heavy atom. The fourth-order valence-corrected chi connectivity index (χ4v) is 1.92. The summed E-state index contributed by atoms with van der Waals surface area (Å²) in [5.74, 6) is 0.777. The fraction of sp³-hybridized carbons (Fsp3) is 0.0714. The molecule has 2 rings (SSSR count). The van der Waals surface area contributed by atoms with Gasteiger partial charge < -0.3 is 5.32 Å². The molecule has 0 aliphatic heterocycles. The van der Waals surface area contributed by atoms with Crippen molar-refractivity contribution in [2.75, 3.05) is 5.32 Å². The summed E-state index contributed by atoms with van der Waals surface area (Å²) in [6.07, 6.45) is 0. The molecule has 0 aliphatic rings. The van der Waals surface area contributed by atoms with E-state index in [4.69, 9.17) is 23.2 Å². The minimum atomic E-state index is 0.673. The zero-order valence-electron chi connectivity index (χ0n) is 9.82. The van der Waals surface area contributed by atoms with Crippen LogP contribution >= 0.6 is 23.2 Å². The monoisotopic (exact) mass is 278 g/mol. The number of benzene rings is 2. The lowest BCUT2D eigenvalue weighted by molar-refractivity contribution is 1.46. The lowest BCUT2D eigenvalue weighted by atomic mass is 10.3. The molecule has 92 valence electrons. The molecule has 1 N–H and O–H groups in total. The van der Waals surface area contributed by atoms with Gasteiger partial charge in [0.25, 0.3) is 0 Å². The summed E-state index contributed by atoms with van der Waals surface area (Å²) in [5, 5.41) is 4.54. The lowest BCUT2D eigenvalue weighted by Crippen LogP contribution is -2.06. The average molecular weight is 279 g/mol. The summed E-state index contributed by atoms with van der Waals surface area (Å²) in [6, 6.07) is 14.9. The molecule has 0 heterocycles. The minimum Gasteiger partial charge on any atom is -0.344 e. The number of halogens is 2. The van der Waals surface area contributed by atoms with E-state index >= 15 is 0 Å². The molecule has 0 saturated heterocycles. The number of amidine groups is 1. The van der Waals surface area contributed by atoms with Crippen molar-refractivity contribution in [2.24, 2.45) is 4.99 Å². The van der Waals surface area contributed by atoms with Crippen molar-refractivity contribution in [1.29, 1.82) is 0 Å². The summed E-state index contributed by atoms with van der Waals surface area (Å²) in [6.45, 7) is 1.89. The Labute approximate surface area is 116 Å². The van der Waals surface area contributed by atoms with E-state index in [1.165, 1.54) is 0 Å². The SMILES string of the molecule is CC(=Nc1cccc(Cl)c1)Nc1cccc(Cl)c1. The van der Waals surface area contributed by atoms with Gasteiger partial charge in [0.1, 0.15) is 5.84 Å². The van der Waals surface area contributed by atoms with Gasteiger partial charge >= 0.3 is 0 Å². The molecule has 0 unspecified atom stereocenters. The summed E-state index contributed by atoms with van der Waals surface area (Å²) >= 11 is 11.8. The van der Waals surface area contributed by atoms with Crippen LogP contribution in [0.2, 0.25) is 10.0 Å². The van der Waals surface area contributed by atoms with Gasteiger partial charge in [-0.1, -0.05) is 35.3 Å². The van der Waals surface area contributed by atoms with Crippen LogP contribution in [-0.2, 0) is 0 Å². The van der Waals surface area contributed by atoms with Crippen LogP contribution in [0.15, 0.2) is 53.5 Å². The standard InChI is InChI=1S/C14H12Cl2N2/c1-10(17-13-6-2-4-11(15)8-13)18-14-7-3-5-12(16)9-14/h2-9H,1H3,(H,17,18). The van der Waals surface area contributed by atoms with E-state index in [0.717, 1.165) is 17.2 Å². The summed E-state index contributed by atoms with van der Waals surface area (Å²) < 4.78 is 0. The number of nitrogens with zero attached hydrogens (tertiary/aromatic N) is 1. The van der Waals surface area contributed by atoms with E-state index < -0.39 is 0 Å². The van der Waals surface area contributed by atoms with Crippen LogP contribution < -0.4 is 5.32 Å². The highest BCUT2D eigenvalue weighted by molar-refractivity contribution is 6.31. The highest BCUT2D eigenvalue weighted by atomic mass is 35.5. The van der Waals surface area contributed by atoms with Crippen LogP contribution in [0.1, 0.15) is 6.92 Å². The highest BCUT2D eigenvalue weighted by Gasteiger charge is 1.97. The van der Waals surface area contributed by atoms with Crippen molar-refractivity contribution in [3.63, 3.8) is 0 Å². The Morgan fingerprint density at radius 1 is 1.00 bits per heavy atom. The van der Waals surface area contributed by atoms with E-state index in [1.54, 1.807) is 0 Å².